The van der Waals surface area contributed by atoms with E-state index in [0.29, 0.717) is 12.4 Å². The Morgan fingerprint density at radius 1 is 1.35 bits per heavy atom. The lowest BCUT2D eigenvalue weighted by Crippen LogP contribution is -2.61. The predicted molar refractivity (Wildman–Crippen MR) is 98.7 cm³/mol. The minimum absolute atomic E-state index is 0.0136. The average Bonchev–Trinajstić information content (AvgIpc) is 2.59. The molecule has 140 valence electrons. The lowest BCUT2D eigenvalue weighted by Gasteiger charge is -2.42. The van der Waals surface area contributed by atoms with Gasteiger partial charge in [0.2, 0.25) is 0 Å². The van der Waals surface area contributed by atoms with Crippen molar-refractivity contribution >= 4 is 23.6 Å². The first-order valence-corrected chi connectivity index (χ1v) is 9.18. The van der Waals surface area contributed by atoms with Crippen molar-refractivity contribution in [2.24, 2.45) is 16.8 Å². The Labute approximate surface area is 152 Å². The molecule has 2 aliphatic rings. The molecule has 2 unspecified atom stereocenters. The van der Waals surface area contributed by atoms with Crippen molar-refractivity contribution in [2.75, 3.05) is 11.9 Å². The zero-order valence-corrected chi connectivity index (χ0v) is 15.2. The monoisotopic (exact) mass is 360 g/mol. The van der Waals surface area contributed by atoms with E-state index in [1.807, 2.05) is 13.8 Å². The molecule has 1 aliphatic heterocycles. The van der Waals surface area contributed by atoms with Crippen LogP contribution < -0.4 is 10.6 Å². The number of hydrogen-bond acceptors (Lipinski definition) is 2. The Morgan fingerprint density at radius 2 is 2.08 bits per heavy atom. The van der Waals surface area contributed by atoms with Gasteiger partial charge in [-0.1, -0.05) is 38.8 Å². The highest BCUT2D eigenvalue weighted by molar-refractivity contribution is 6.08. The Morgan fingerprint density at radius 3 is 2.81 bits per heavy atom. The van der Waals surface area contributed by atoms with Crippen LogP contribution in [0.15, 0.2) is 29.3 Å². The predicted octanol–water partition coefficient (Wildman–Crippen LogP) is 4.00. The molecule has 2 atom stereocenters. The van der Waals surface area contributed by atoms with Gasteiger partial charge in [-0.2, -0.15) is 4.99 Å². The number of amides is 4. The van der Waals surface area contributed by atoms with Gasteiger partial charge in [0.1, 0.15) is 11.7 Å². The number of hydrogen-bond donors (Lipinski definition) is 2. The second kappa shape index (κ2) is 7.85. The van der Waals surface area contributed by atoms with Gasteiger partial charge >= 0.3 is 12.1 Å². The van der Waals surface area contributed by atoms with Crippen molar-refractivity contribution in [3.8, 4) is 0 Å². The number of carbonyl (C=O) groups excluding carboxylic acids is 2. The number of nitrogens with zero attached hydrogens (tertiary/aromatic N) is 2. The molecule has 0 bridgehead atoms. The molecular weight excluding hydrogens is 335 g/mol. The normalized spacial score (nSPS) is 24.4. The highest BCUT2D eigenvalue weighted by atomic mass is 19.1. The first-order chi connectivity index (χ1) is 12.5. The summed E-state index contributed by atoms with van der Waals surface area (Å²) in [6.07, 6.45) is 3.87. The first kappa shape index (κ1) is 18.4. The van der Waals surface area contributed by atoms with Crippen LogP contribution in [0.5, 0.6) is 0 Å². The number of aliphatic imine (C=N–C) groups is 1. The maximum atomic E-state index is 13.8. The third-order valence-corrected chi connectivity index (χ3v) is 4.81. The number of halogens is 1. The van der Waals surface area contributed by atoms with E-state index in [2.05, 4.69) is 15.6 Å². The van der Waals surface area contributed by atoms with Crippen LogP contribution in [-0.2, 0) is 0 Å². The molecular formula is C19H25FN4O2. The maximum absolute atomic E-state index is 13.8. The molecule has 0 spiro atoms. The summed E-state index contributed by atoms with van der Waals surface area (Å²) in [6, 6.07) is 5.11. The third-order valence-electron chi connectivity index (χ3n) is 4.81. The fourth-order valence-electron chi connectivity index (χ4n) is 3.65. The van der Waals surface area contributed by atoms with Crippen LogP contribution >= 0.6 is 0 Å². The molecule has 1 aromatic rings. The third kappa shape index (κ3) is 4.03. The number of benzene rings is 1. The molecule has 3 rings (SSSR count). The van der Waals surface area contributed by atoms with E-state index in [1.165, 1.54) is 12.1 Å². The number of carbonyl (C=O) groups is 2. The summed E-state index contributed by atoms with van der Waals surface area (Å²) in [6.45, 7) is 4.51. The van der Waals surface area contributed by atoms with E-state index in [0.717, 1.165) is 25.7 Å². The zero-order chi connectivity index (χ0) is 18.7. The summed E-state index contributed by atoms with van der Waals surface area (Å²) in [7, 11) is 0. The molecule has 7 heteroatoms. The topological polar surface area (TPSA) is 73.8 Å². The van der Waals surface area contributed by atoms with Crippen LogP contribution in [0.2, 0.25) is 0 Å². The number of urea groups is 2. The molecule has 6 nitrogen and oxygen atoms in total. The molecule has 4 amide bonds. The largest absolute Gasteiger partial charge is 0.347 e. The number of rotatable bonds is 3. The number of fused-ring (bicyclic) bond motifs is 1. The number of nitrogens with one attached hydrogen (secondary N) is 2. The fraction of sp³-hybridized carbons (Fsp3) is 0.526. The quantitative estimate of drug-likeness (QED) is 0.855. The fourth-order valence-corrected chi connectivity index (χ4v) is 3.65. The van der Waals surface area contributed by atoms with Gasteiger partial charge in [-0.3, -0.25) is 4.90 Å². The van der Waals surface area contributed by atoms with Crippen molar-refractivity contribution in [1.29, 1.82) is 0 Å². The van der Waals surface area contributed by atoms with Crippen LogP contribution in [0.3, 0.4) is 0 Å². The van der Waals surface area contributed by atoms with E-state index in [9.17, 15) is 14.0 Å². The van der Waals surface area contributed by atoms with Gasteiger partial charge in [0.25, 0.3) is 0 Å². The Hall–Kier alpha value is -2.44. The van der Waals surface area contributed by atoms with Gasteiger partial charge in [-0.15, -0.1) is 0 Å². The summed E-state index contributed by atoms with van der Waals surface area (Å²) in [5, 5.41) is 5.53. The smallest absolute Gasteiger partial charge is 0.334 e. The summed E-state index contributed by atoms with van der Waals surface area (Å²) >= 11 is 0. The number of amidine groups is 1. The zero-order valence-electron chi connectivity index (χ0n) is 15.2. The van der Waals surface area contributed by atoms with Crippen molar-refractivity contribution in [2.45, 2.75) is 45.6 Å². The van der Waals surface area contributed by atoms with E-state index in [1.54, 1.807) is 17.0 Å². The van der Waals surface area contributed by atoms with E-state index in [4.69, 9.17) is 0 Å². The van der Waals surface area contributed by atoms with Crippen LogP contribution in [-0.4, -0.2) is 35.4 Å². The second-order valence-corrected chi connectivity index (χ2v) is 7.33. The van der Waals surface area contributed by atoms with Crippen molar-refractivity contribution in [1.82, 2.24) is 10.2 Å². The number of anilines is 1. The van der Waals surface area contributed by atoms with Gasteiger partial charge in [0.15, 0.2) is 0 Å². The summed E-state index contributed by atoms with van der Waals surface area (Å²) in [4.78, 5) is 30.7. The Balaban J connectivity index is 1.87. The molecule has 1 aliphatic carbocycles. The molecule has 2 fully saturated rings. The molecule has 0 aromatic heterocycles. The van der Waals surface area contributed by atoms with Crippen LogP contribution in [0.1, 0.15) is 39.5 Å². The van der Waals surface area contributed by atoms with Gasteiger partial charge in [-0.05, 0) is 30.9 Å². The van der Waals surface area contributed by atoms with E-state index >= 15 is 0 Å². The summed E-state index contributed by atoms with van der Waals surface area (Å²) in [5.74, 6) is 0.241. The molecule has 26 heavy (non-hydrogen) atoms. The minimum Gasteiger partial charge on any atom is -0.334 e. The first-order valence-electron chi connectivity index (χ1n) is 9.18. The van der Waals surface area contributed by atoms with E-state index < -0.39 is 11.8 Å². The maximum Gasteiger partial charge on any atom is 0.347 e. The number of para-hydroxylation sites is 1. The highest BCUT2D eigenvalue weighted by Gasteiger charge is 2.40. The molecule has 1 heterocycles. The molecule has 1 saturated carbocycles. The molecule has 1 aromatic carbocycles. The van der Waals surface area contributed by atoms with Crippen LogP contribution in [0.25, 0.3) is 0 Å². The van der Waals surface area contributed by atoms with Crippen LogP contribution in [0.4, 0.5) is 19.7 Å². The minimum atomic E-state index is -0.655. The van der Waals surface area contributed by atoms with Gasteiger partial charge in [-0.25, -0.2) is 14.0 Å². The van der Waals surface area contributed by atoms with Crippen molar-refractivity contribution in [3.05, 3.63) is 30.1 Å². The highest BCUT2D eigenvalue weighted by Crippen LogP contribution is 2.30. The van der Waals surface area contributed by atoms with Gasteiger partial charge in [0.05, 0.1) is 5.69 Å². The SMILES string of the molecule is CC(C)CN1C(=O)NC2CCCCC2/C1=N\C(=O)Nc1ccccc1F. The second-order valence-electron chi connectivity index (χ2n) is 7.33. The molecule has 0 radical (unpaired) electrons. The van der Waals surface area contributed by atoms with E-state index in [-0.39, 0.29) is 29.6 Å². The molecule has 2 N–H and O–H groups in total. The molecule has 1 saturated heterocycles. The summed E-state index contributed by atoms with van der Waals surface area (Å²) < 4.78 is 13.8. The standard InChI is InChI=1S/C19H25FN4O2/c1-12(2)11-24-17(13-7-3-5-9-15(13)22-19(24)26)23-18(25)21-16-10-6-4-8-14(16)20/h4,6,8,10,12-13,15H,3,5,7,9,11H2,1-2H3,(H,21,25)(H,22,26)/b23-17+. The van der Waals surface area contributed by atoms with Crippen LogP contribution in [0, 0.1) is 17.7 Å². The van der Waals surface area contributed by atoms with Crippen molar-refractivity contribution in [3.63, 3.8) is 0 Å². The Bertz CT molecular complexity index is 719. The lowest BCUT2D eigenvalue weighted by atomic mass is 9.81. The lowest BCUT2D eigenvalue weighted by molar-refractivity contribution is 0.185. The van der Waals surface area contributed by atoms with Gasteiger partial charge < -0.3 is 10.6 Å². The van der Waals surface area contributed by atoms with Crippen molar-refractivity contribution < 1.29 is 14.0 Å². The average molecular weight is 360 g/mol. The Kier molecular flexibility index (Phi) is 5.54. The van der Waals surface area contributed by atoms with Gasteiger partial charge in [0, 0.05) is 18.5 Å². The summed E-state index contributed by atoms with van der Waals surface area (Å²) in [5.41, 5.74) is 0.0812.